The van der Waals surface area contributed by atoms with Crippen molar-refractivity contribution in [3.8, 4) is 28.8 Å². The van der Waals surface area contributed by atoms with Gasteiger partial charge in [0.1, 0.15) is 16.6 Å². The second kappa shape index (κ2) is 5.68. The molecule has 0 bridgehead atoms. The van der Waals surface area contributed by atoms with Crippen molar-refractivity contribution in [2.75, 3.05) is 12.1 Å². The number of amides is 1. The van der Waals surface area contributed by atoms with Gasteiger partial charge in [-0.3, -0.25) is 15.2 Å². The van der Waals surface area contributed by atoms with E-state index < -0.39 is 0 Å². The van der Waals surface area contributed by atoms with E-state index in [9.17, 15) is 4.79 Å². The lowest BCUT2D eigenvalue weighted by atomic mass is 10.1. The first kappa shape index (κ1) is 14.2. The van der Waals surface area contributed by atoms with E-state index in [4.69, 9.17) is 14.7 Å². The van der Waals surface area contributed by atoms with Gasteiger partial charge in [-0.15, -0.1) is 0 Å². The topological polar surface area (TPSA) is 113 Å². The van der Waals surface area contributed by atoms with E-state index in [1.54, 1.807) is 18.2 Å². The summed E-state index contributed by atoms with van der Waals surface area (Å²) in [5, 5.41) is 18.6. The van der Waals surface area contributed by atoms with E-state index in [0.717, 1.165) is 16.9 Å². The monoisotopic (exact) mass is 339 g/mol. The van der Waals surface area contributed by atoms with Crippen LogP contribution in [0.5, 0.6) is 11.5 Å². The zero-order valence-electron chi connectivity index (χ0n) is 12.1. The van der Waals surface area contributed by atoms with Gasteiger partial charge in [-0.1, -0.05) is 11.3 Å². The van der Waals surface area contributed by atoms with Crippen LogP contribution in [-0.4, -0.2) is 27.9 Å². The Morgan fingerprint density at radius 3 is 3.04 bits per heavy atom. The molecule has 0 radical (unpaired) electrons. The summed E-state index contributed by atoms with van der Waals surface area (Å²) < 4.78 is 10.6. The molecule has 3 aromatic rings. The van der Waals surface area contributed by atoms with Crippen LogP contribution in [0.15, 0.2) is 30.5 Å². The highest BCUT2D eigenvalue weighted by atomic mass is 32.1. The summed E-state index contributed by atoms with van der Waals surface area (Å²) in [5.74, 6) is 0.950. The third-order valence-corrected chi connectivity index (χ3v) is 4.14. The molecule has 0 atom stereocenters. The predicted molar refractivity (Wildman–Crippen MR) is 84.9 cm³/mol. The van der Waals surface area contributed by atoms with Crippen LogP contribution in [-0.2, 0) is 0 Å². The number of aromatic amines is 1. The van der Waals surface area contributed by atoms with E-state index in [-0.39, 0.29) is 18.4 Å². The maximum Gasteiger partial charge on any atom is 0.275 e. The Hall–Kier alpha value is -3.38. The highest BCUT2D eigenvalue weighted by Crippen LogP contribution is 2.35. The van der Waals surface area contributed by atoms with Crippen molar-refractivity contribution in [2.24, 2.45) is 0 Å². The first-order valence-electron chi connectivity index (χ1n) is 6.85. The number of anilines is 1. The molecular weight excluding hydrogens is 330 g/mol. The summed E-state index contributed by atoms with van der Waals surface area (Å²) in [7, 11) is 0. The zero-order chi connectivity index (χ0) is 16.5. The Kier molecular flexibility index (Phi) is 3.36. The smallest absolute Gasteiger partial charge is 0.275 e. The van der Waals surface area contributed by atoms with E-state index in [2.05, 4.69) is 20.5 Å². The van der Waals surface area contributed by atoms with E-state index in [1.807, 2.05) is 12.1 Å². The maximum atomic E-state index is 12.2. The van der Waals surface area contributed by atoms with Crippen molar-refractivity contribution in [3.05, 3.63) is 41.0 Å². The van der Waals surface area contributed by atoms with Crippen molar-refractivity contribution >= 4 is 22.4 Å². The number of nitrogens with zero attached hydrogens (tertiary/aromatic N) is 3. The highest BCUT2D eigenvalue weighted by Gasteiger charge is 2.17. The van der Waals surface area contributed by atoms with Gasteiger partial charge in [0.2, 0.25) is 6.79 Å². The zero-order valence-corrected chi connectivity index (χ0v) is 12.9. The Morgan fingerprint density at radius 2 is 2.21 bits per heavy atom. The molecule has 9 heteroatoms. The van der Waals surface area contributed by atoms with Gasteiger partial charge >= 0.3 is 0 Å². The van der Waals surface area contributed by atoms with Gasteiger partial charge in [0.25, 0.3) is 5.91 Å². The van der Waals surface area contributed by atoms with Crippen molar-refractivity contribution in [2.45, 2.75) is 0 Å². The molecular formula is C15H9N5O3S. The second-order valence-corrected chi connectivity index (χ2v) is 5.86. The predicted octanol–water partition coefficient (Wildman–Crippen LogP) is 2.39. The fourth-order valence-corrected chi connectivity index (χ4v) is 2.80. The van der Waals surface area contributed by atoms with Crippen LogP contribution in [0.25, 0.3) is 11.3 Å². The summed E-state index contributed by atoms with van der Waals surface area (Å²) in [5.41, 5.74) is 1.70. The van der Waals surface area contributed by atoms with Crippen LogP contribution in [0.1, 0.15) is 15.4 Å². The largest absolute Gasteiger partial charge is 0.454 e. The van der Waals surface area contributed by atoms with E-state index in [1.165, 1.54) is 6.20 Å². The molecule has 1 aromatic carbocycles. The molecule has 4 rings (SSSR count). The van der Waals surface area contributed by atoms with Crippen LogP contribution in [0.4, 0.5) is 5.13 Å². The molecule has 0 fully saturated rings. The minimum absolute atomic E-state index is 0.200. The lowest BCUT2D eigenvalue weighted by Gasteiger charge is -1.99. The van der Waals surface area contributed by atoms with Crippen LogP contribution in [0, 0.1) is 11.3 Å². The Morgan fingerprint density at radius 1 is 1.33 bits per heavy atom. The molecule has 8 nitrogen and oxygen atoms in total. The van der Waals surface area contributed by atoms with Gasteiger partial charge in [-0.25, -0.2) is 4.98 Å². The van der Waals surface area contributed by atoms with Gasteiger partial charge in [-0.2, -0.15) is 10.4 Å². The third kappa shape index (κ3) is 2.55. The van der Waals surface area contributed by atoms with Gasteiger partial charge < -0.3 is 9.47 Å². The lowest BCUT2D eigenvalue weighted by Crippen LogP contribution is -2.11. The van der Waals surface area contributed by atoms with Crippen LogP contribution >= 0.6 is 11.3 Å². The first-order chi connectivity index (χ1) is 11.7. The molecule has 118 valence electrons. The van der Waals surface area contributed by atoms with Gasteiger partial charge in [0.15, 0.2) is 16.6 Å². The lowest BCUT2D eigenvalue weighted by molar-refractivity contribution is 0.102. The number of carbonyl (C=O) groups excluding carboxylic acids is 1. The van der Waals surface area contributed by atoms with Crippen LogP contribution < -0.4 is 14.8 Å². The number of hydrogen-bond donors (Lipinski definition) is 2. The number of rotatable bonds is 3. The minimum Gasteiger partial charge on any atom is -0.454 e. The average molecular weight is 339 g/mol. The molecule has 0 unspecified atom stereocenters. The number of aromatic nitrogens is 3. The Bertz CT molecular complexity index is 972. The van der Waals surface area contributed by atoms with Gasteiger partial charge in [-0.05, 0) is 24.3 Å². The number of fused-ring (bicyclic) bond motifs is 1. The van der Waals surface area contributed by atoms with Crippen LogP contribution in [0.3, 0.4) is 0 Å². The van der Waals surface area contributed by atoms with Crippen molar-refractivity contribution in [1.82, 2.24) is 15.2 Å². The molecule has 2 aromatic heterocycles. The Labute approximate surface area is 139 Å². The van der Waals surface area contributed by atoms with Gasteiger partial charge in [0.05, 0.1) is 11.9 Å². The number of H-pyrrole nitrogens is 1. The number of thiazole rings is 1. The third-order valence-electron chi connectivity index (χ3n) is 3.33. The maximum absolute atomic E-state index is 12.2. The molecule has 1 aliphatic heterocycles. The summed E-state index contributed by atoms with van der Waals surface area (Å²) in [6.07, 6.45) is 1.41. The second-order valence-electron chi connectivity index (χ2n) is 4.83. The molecule has 1 amide bonds. The number of hydrogen-bond acceptors (Lipinski definition) is 7. The molecule has 1 aliphatic rings. The number of nitrogens with one attached hydrogen (secondary N) is 2. The SMILES string of the molecule is N#Cc1cnc(NC(=O)c2cc(-c3ccc4c(c3)OCO4)n[nH]2)s1. The molecule has 3 heterocycles. The molecule has 24 heavy (non-hydrogen) atoms. The van der Waals surface area contributed by atoms with E-state index in [0.29, 0.717) is 27.2 Å². The number of ether oxygens (including phenoxy) is 2. The van der Waals surface area contributed by atoms with Crippen molar-refractivity contribution in [1.29, 1.82) is 5.26 Å². The molecule has 0 spiro atoms. The number of carbonyl (C=O) groups is 1. The van der Waals surface area contributed by atoms with Gasteiger partial charge in [0, 0.05) is 5.56 Å². The normalized spacial score (nSPS) is 12.0. The van der Waals surface area contributed by atoms with Crippen LogP contribution in [0.2, 0.25) is 0 Å². The summed E-state index contributed by atoms with van der Waals surface area (Å²) >= 11 is 1.10. The fraction of sp³-hybridized carbons (Fsp3) is 0.0667. The van der Waals surface area contributed by atoms with Crippen molar-refractivity contribution < 1.29 is 14.3 Å². The van der Waals surface area contributed by atoms with E-state index >= 15 is 0 Å². The van der Waals surface area contributed by atoms with Crippen molar-refractivity contribution in [3.63, 3.8) is 0 Å². The molecule has 0 saturated heterocycles. The standard InChI is InChI=1S/C15H9N5O3S/c16-5-9-6-17-15(24-9)18-14(21)11-4-10(19-20-11)8-1-2-12-13(3-8)23-7-22-12/h1-4,6H,7H2,(H,19,20)(H,17,18,21). The quantitative estimate of drug-likeness (QED) is 0.757. The minimum atomic E-state index is -0.381. The molecule has 0 saturated carbocycles. The number of nitriles is 1. The molecule has 2 N–H and O–H groups in total. The summed E-state index contributed by atoms with van der Waals surface area (Å²) in [6.45, 7) is 0.200. The Balaban J connectivity index is 1.54. The number of benzene rings is 1. The average Bonchev–Trinajstić information content (AvgIpc) is 3.33. The first-order valence-corrected chi connectivity index (χ1v) is 7.67. The summed E-state index contributed by atoms with van der Waals surface area (Å²) in [6, 6.07) is 9.04. The fourth-order valence-electron chi connectivity index (χ4n) is 2.19. The summed E-state index contributed by atoms with van der Waals surface area (Å²) in [4.78, 5) is 16.6. The highest BCUT2D eigenvalue weighted by molar-refractivity contribution is 7.16. The molecule has 0 aliphatic carbocycles.